The lowest BCUT2D eigenvalue weighted by Crippen LogP contribution is -2.57. The molecule has 0 saturated carbocycles. The average molecular weight is 349 g/mol. The van der Waals surface area contributed by atoms with Gasteiger partial charge in [-0.25, -0.2) is 0 Å². The largest absolute Gasteiger partial charge is 0.438 e. The molecule has 1 aliphatic rings. The Labute approximate surface area is 133 Å². The van der Waals surface area contributed by atoms with Crippen LogP contribution in [0.3, 0.4) is 0 Å². The number of hydrogen-bond donors (Lipinski definition) is 1. The van der Waals surface area contributed by atoms with Gasteiger partial charge in [0.15, 0.2) is 0 Å². The van der Waals surface area contributed by atoms with Crippen LogP contribution in [0.5, 0.6) is 0 Å². The van der Waals surface area contributed by atoms with Gasteiger partial charge in [0, 0.05) is 12.6 Å². The number of carbonyl (C=O) groups excluding carboxylic acids is 1. The summed E-state index contributed by atoms with van der Waals surface area (Å²) in [6.07, 6.45) is -5.23. The van der Waals surface area contributed by atoms with Crippen molar-refractivity contribution in [2.75, 3.05) is 0 Å². The lowest BCUT2D eigenvalue weighted by molar-refractivity contribution is -0.386. The Morgan fingerprint density at radius 2 is 2.08 bits per heavy atom. The molecule has 0 unspecified atom stereocenters. The highest BCUT2D eigenvalue weighted by Crippen LogP contribution is 2.39. The summed E-state index contributed by atoms with van der Waals surface area (Å²) in [6.45, 7) is 3.89. The van der Waals surface area contributed by atoms with E-state index >= 15 is 0 Å². The zero-order chi connectivity index (χ0) is 18.4. The van der Waals surface area contributed by atoms with Gasteiger partial charge in [-0.2, -0.15) is 28.4 Å². The number of aryl methyl sites for hydroxylation is 1. The second-order valence-electron chi connectivity index (χ2n) is 5.36. The van der Waals surface area contributed by atoms with Crippen molar-refractivity contribution >= 4 is 17.8 Å². The van der Waals surface area contributed by atoms with Crippen molar-refractivity contribution in [2.45, 2.75) is 45.1 Å². The molecule has 1 aromatic heterocycles. The van der Waals surface area contributed by atoms with E-state index in [4.69, 9.17) is 0 Å². The second kappa shape index (κ2) is 5.54. The van der Waals surface area contributed by atoms with Crippen LogP contribution >= 0.6 is 0 Å². The van der Waals surface area contributed by atoms with Crippen LogP contribution in [0.25, 0.3) is 0 Å². The standard InChI is InChI=1S/C12H14F3N5O4/c1-6-9(20(23)24)7(2)18(17-6)8(3)10(21)19-11(22,4-5-16-19)12(13,14)15/h5,8,22H,4H2,1-3H3/t8-,11-/m0/s1. The van der Waals surface area contributed by atoms with Crippen molar-refractivity contribution in [1.29, 1.82) is 0 Å². The summed E-state index contributed by atoms with van der Waals surface area (Å²) < 4.78 is 40.1. The van der Waals surface area contributed by atoms with Crippen molar-refractivity contribution in [3.8, 4) is 0 Å². The molecule has 1 N–H and O–H groups in total. The number of aliphatic hydroxyl groups is 1. The molecule has 132 valence electrons. The van der Waals surface area contributed by atoms with Crippen molar-refractivity contribution in [3.05, 3.63) is 21.5 Å². The molecule has 0 saturated heterocycles. The Bertz CT molecular complexity index is 729. The van der Waals surface area contributed by atoms with Crippen molar-refractivity contribution < 1.29 is 28.0 Å². The van der Waals surface area contributed by atoms with Gasteiger partial charge in [-0.3, -0.25) is 19.6 Å². The third-order valence-corrected chi connectivity index (χ3v) is 3.78. The fourth-order valence-corrected chi connectivity index (χ4v) is 2.48. The van der Waals surface area contributed by atoms with E-state index < -0.39 is 35.2 Å². The number of rotatable bonds is 3. The maximum Gasteiger partial charge on any atom is 0.438 e. The number of hydrogen-bond acceptors (Lipinski definition) is 6. The summed E-state index contributed by atoms with van der Waals surface area (Å²) >= 11 is 0. The highest BCUT2D eigenvalue weighted by molar-refractivity contribution is 5.83. The fraction of sp³-hybridized carbons (Fsp3) is 0.583. The van der Waals surface area contributed by atoms with Crippen LogP contribution in [0, 0.1) is 24.0 Å². The number of nitrogens with zero attached hydrogens (tertiary/aromatic N) is 5. The summed E-state index contributed by atoms with van der Waals surface area (Å²) in [4.78, 5) is 22.7. The van der Waals surface area contributed by atoms with Crippen molar-refractivity contribution in [1.82, 2.24) is 14.8 Å². The monoisotopic (exact) mass is 349 g/mol. The number of aromatic nitrogens is 2. The first-order chi connectivity index (χ1) is 10.9. The van der Waals surface area contributed by atoms with E-state index in [0.717, 1.165) is 10.9 Å². The number of amides is 1. The minimum atomic E-state index is -5.11. The van der Waals surface area contributed by atoms with Crippen LogP contribution in [-0.4, -0.2) is 48.8 Å². The van der Waals surface area contributed by atoms with Crippen LogP contribution in [-0.2, 0) is 4.79 Å². The molecular formula is C12H14F3N5O4. The molecule has 1 aliphatic heterocycles. The molecule has 0 radical (unpaired) electrons. The highest BCUT2D eigenvalue weighted by atomic mass is 19.4. The van der Waals surface area contributed by atoms with E-state index in [0.29, 0.717) is 0 Å². The van der Waals surface area contributed by atoms with E-state index in [1.807, 2.05) is 0 Å². The van der Waals surface area contributed by atoms with Crippen LogP contribution in [0.2, 0.25) is 0 Å². The lowest BCUT2D eigenvalue weighted by Gasteiger charge is -2.33. The number of hydrazone groups is 1. The molecule has 0 spiro atoms. The number of alkyl halides is 3. The van der Waals surface area contributed by atoms with Gasteiger partial charge in [-0.15, -0.1) is 0 Å². The molecule has 0 fully saturated rings. The molecular weight excluding hydrogens is 335 g/mol. The Hall–Kier alpha value is -2.50. The summed E-state index contributed by atoms with van der Waals surface area (Å²) in [5.41, 5.74) is -3.74. The highest BCUT2D eigenvalue weighted by Gasteiger charge is 2.62. The van der Waals surface area contributed by atoms with Gasteiger partial charge in [0.05, 0.1) is 4.92 Å². The molecule has 24 heavy (non-hydrogen) atoms. The number of nitro groups is 1. The molecule has 2 rings (SSSR count). The normalized spacial score (nSPS) is 22.0. The zero-order valence-electron chi connectivity index (χ0n) is 12.9. The molecule has 0 aliphatic carbocycles. The predicted molar refractivity (Wildman–Crippen MR) is 74.0 cm³/mol. The third kappa shape index (κ3) is 2.52. The molecule has 9 nitrogen and oxygen atoms in total. The summed E-state index contributed by atoms with van der Waals surface area (Å²) in [7, 11) is 0. The molecule has 2 heterocycles. The lowest BCUT2D eigenvalue weighted by atomic mass is 10.1. The first-order valence-electron chi connectivity index (χ1n) is 6.77. The Kier molecular flexibility index (Phi) is 4.12. The van der Waals surface area contributed by atoms with Crippen LogP contribution in [0.4, 0.5) is 18.9 Å². The Morgan fingerprint density at radius 1 is 1.50 bits per heavy atom. The maximum atomic E-state index is 13.0. The SMILES string of the molecule is Cc1nn([C@@H](C)C(=O)N2N=CC[C@]2(O)C(F)(F)F)c(C)c1[N+](=O)[O-]. The van der Waals surface area contributed by atoms with E-state index in [1.165, 1.54) is 20.8 Å². The number of carbonyl (C=O) groups is 1. The van der Waals surface area contributed by atoms with Gasteiger partial charge >= 0.3 is 11.9 Å². The Balaban J connectivity index is 2.39. The molecule has 1 amide bonds. The van der Waals surface area contributed by atoms with Gasteiger partial charge < -0.3 is 5.11 Å². The fourth-order valence-electron chi connectivity index (χ4n) is 2.48. The van der Waals surface area contributed by atoms with E-state index in [2.05, 4.69) is 10.2 Å². The van der Waals surface area contributed by atoms with Gasteiger partial charge in [-0.05, 0) is 20.8 Å². The number of halogens is 3. The molecule has 0 bridgehead atoms. The Morgan fingerprint density at radius 3 is 2.54 bits per heavy atom. The van der Waals surface area contributed by atoms with Crippen molar-refractivity contribution in [3.63, 3.8) is 0 Å². The average Bonchev–Trinajstić information content (AvgIpc) is 2.98. The van der Waals surface area contributed by atoms with Gasteiger partial charge in [-0.1, -0.05) is 0 Å². The first-order valence-corrected chi connectivity index (χ1v) is 6.77. The van der Waals surface area contributed by atoms with E-state index in [-0.39, 0.29) is 22.1 Å². The van der Waals surface area contributed by atoms with Crippen LogP contribution in [0.1, 0.15) is 30.8 Å². The van der Waals surface area contributed by atoms with E-state index in [1.54, 1.807) is 0 Å². The molecule has 2 atom stereocenters. The summed E-state index contributed by atoms with van der Waals surface area (Å²) in [5, 5.41) is 27.9. The molecule has 1 aromatic rings. The van der Waals surface area contributed by atoms with Crippen molar-refractivity contribution in [2.24, 2.45) is 5.10 Å². The molecule has 0 aromatic carbocycles. The smallest absolute Gasteiger partial charge is 0.362 e. The first kappa shape index (κ1) is 17.8. The predicted octanol–water partition coefficient (Wildman–Crippen LogP) is 1.44. The van der Waals surface area contributed by atoms with Gasteiger partial charge in [0.2, 0.25) is 0 Å². The zero-order valence-corrected chi connectivity index (χ0v) is 12.9. The maximum absolute atomic E-state index is 13.0. The topological polar surface area (TPSA) is 114 Å². The summed E-state index contributed by atoms with van der Waals surface area (Å²) in [6, 6.07) is -1.33. The van der Waals surface area contributed by atoms with E-state index in [9.17, 15) is 33.2 Å². The summed E-state index contributed by atoms with van der Waals surface area (Å²) in [5.74, 6) is -1.19. The van der Waals surface area contributed by atoms with Gasteiger partial charge in [0.1, 0.15) is 17.4 Å². The van der Waals surface area contributed by atoms with Crippen LogP contribution in [0.15, 0.2) is 5.10 Å². The third-order valence-electron chi connectivity index (χ3n) is 3.78. The molecule has 12 heteroatoms. The second-order valence-corrected chi connectivity index (χ2v) is 5.36. The quantitative estimate of drug-likeness (QED) is 0.655. The minimum absolute atomic E-state index is 0.0112. The van der Waals surface area contributed by atoms with Gasteiger partial charge in [0.25, 0.3) is 11.6 Å². The van der Waals surface area contributed by atoms with Crippen LogP contribution < -0.4 is 0 Å². The minimum Gasteiger partial charge on any atom is -0.362 e.